The second-order valence-electron chi connectivity index (χ2n) is 3.49. The number of nitro benzene ring substituents is 1. The highest BCUT2D eigenvalue weighted by molar-refractivity contribution is 5.68. The summed E-state index contributed by atoms with van der Waals surface area (Å²) in [5.74, 6) is 0. The zero-order valence-corrected chi connectivity index (χ0v) is 9.35. The highest BCUT2D eigenvalue weighted by Gasteiger charge is 2.18. The number of para-hydroxylation sites is 1. The van der Waals surface area contributed by atoms with Gasteiger partial charge in [0, 0.05) is 6.54 Å². The molecule has 1 aromatic rings. The Labute approximate surface area is 99.2 Å². The highest BCUT2D eigenvalue weighted by atomic mass is 16.6. The summed E-state index contributed by atoms with van der Waals surface area (Å²) in [6.45, 7) is 1.20. The molecule has 0 atom stereocenters. The molecule has 3 N–H and O–H groups in total. The average molecular weight is 234 g/mol. The normalized spacial score (nSPS) is 9.65. The summed E-state index contributed by atoms with van der Waals surface area (Å²) in [6, 6.07) is 6.47. The first-order valence-electron chi connectivity index (χ1n) is 5.32. The first kappa shape index (κ1) is 12.9. The van der Waals surface area contributed by atoms with Crippen LogP contribution in [-0.4, -0.2) is 18.0 Å². The molecule has 6 heteroatoms. The zero-order chi connectivity index (χ0) is 12.7. The van der Waals surface area contributed by atoms with Gasteiger partial charge in [0.05, 0.1) is 4.92 Å². The van der Waals surface area contributed by atoms with Crippen LogP contribution in [0.25, 0.3) is 0 Å². The molecule has 6 nitrogen and oxygen atoms in total. The van der Waals surface area contributed by atoms with E-state index < -0.39 is 4.92 Å². The molecule has 0 radical (unpaired) electrons. The van der Waals surface area contributed by atoms with E-state index in [2.05, 4.69) is 5.32 Å². The maximum atomic E-state index is 10.9. The summed E-state index contributed by atoms with van der Waals surface area (Å²) in [6.07, 6.45) is 1.70. The third kappa shape index (κ3) is 3.43. The molecule has 0 aromatic heterocycles. The third-order valence-corrected chi connectivity index (χ3v) is 2.29. The minimum atomic E-state index is -0.538. The van der Waals surface area contributed by atoms with Crippen LogP contribution in [0.5, 0.6) is 0 Å². The lowest BCUT2D eigenvalue weighted by Gasteiger charge is -2.07. The van der Waals surface area contributed by atoms with Crippen molar-refractivity contribution in [3.05, 3.63) is 33.9 Å². The summed E-state index contributed by atoms with van der Waals surface area (Å²) in [4.78, 5) is 10.3. The van der Waals surface area contributed by atoms with Gasteiger partial charge >= 0.3 is 5.69 Å². The van der Waals surface area contributed by atoms with Crippen molar-refractivity contribution < 1.29 is 4.92 Å². The Kier molecular flexibility index (Phi) is 4.91. The maximum Gasteiger partial charge on any atom is 0.309 e. The molecule has 1 aromatic carbocycles. The van der Waals surface area contributed by atoms with E-state index in [1.54, 1.807) is 12.1 Å². The average Bonchev–Trinajstić information content (AvgIpc) is 2.33. The highest BCUT2D eigenvalue weighted by Crippen LogP contribution is 2.27. The SMILES string of the molecule is N#Cc1cccc(NCCCCN)c1[N+](=O)[O-]. The van der Waals surface area contributed by atoms with Crippen molar-refractivity contribution >= 4 is 11.4 Å². The van der Waals surface area contributed by atoms with Gasteiger partial charge in [-0.25, -0.2) is 0 Å². The Hall–Kier alpha value is -2.13. The Morgan fingerprint density at radius 2 is 2.24 bits per heavy atom. The Morgan fingerprint density at radius 3 is 2.82 bits per heavy atom. The minimum absolute atomic E-state index is 0.0684. The summed E-state index contributed by atoms with van der Waals surface area (Å²) in [5.41, 5.74) is 5.64. The molecular weight excluding hydrogens is 220 g/mol. The summed E-state index contributed by atoms with van der Waals surface area (Å²) in [5, 5.41) is 22.6. The summed E-state index contributed by atoms with van der Waals surface area (Å²) in [7, 11) is 0. The standard InChI is InChI=1S/C11H14N4O2/c12-6-1-2-7-14-10-5-3-4-9(8-13)11(10)15(16)17/h3-5,14H,1-2,6-7,12H2. The number of hydrogen-bond donors (Lipinski definition) is 2. The van der Waals surface area contributed by atoms with Gasteiger partial charge in [0.2, 0.25) is 0 Å². The number of nitrogens with zero attached hydrogens (tertiary/aromatic N) is 2. The van der Waals surface area contributed by atoms with Crippen LogP contribution in [0.4, 0.5) is 11.4 Å². The van der Waals surface area contributed by atoms with E-state index in [9.17, 15) is 10.1 Å². The first-order chi connectivity index (χ1) is 8.20. The van der Waals surface area contributed by atoms with E-state index in [0.717, 1.165) is 12.8 Å². The van der Waals surface area contributed by atoms with E-state index in [-0.39, 0.29) is 11.3 Å². The summed E-state index contributed by atoms with van der Waals surface area (Å²) < 4.78 is 0. The molecule has 0 fully saturated rings. The lowest BCUT2D eigenvalue weighted by molar-refractivity contribution is -0.384. The van der Waals surface area contributed by atoms with Gasteiger partial charge in [0.25, 0.3) is 0 Å². The number of nitriles is 1. The van der Waals surface area contributed by atoms with Crippen LogP contribution in [0.2, 0.25) is 0 Å². The number of nitrogens with two attached hydrogens (primary N) is 1. The van der Waals surface area contributed by atoms with Crippen LogP contribution < -0.4 is 11.1 Å². The Balaban J connectivity index is 2.84. The molecule has 17 heavy (non-hydrogen) atoms. The van der Waals surface area contributed by atoms with Crippen LogP contribution >= 0.6 is 0 Å². The lowest BCUT2D eigenvalue weighted by Crippen LogP contribution is -2.07. The molecule has 0 aliphatic carbocycles. The van der Waals surface area contributed by atoms with Crippen LogP contribution in [0.15, 0.2) is 18.2 Å². The largest absolute Gasteiger partial charge is 0.379 e. The quantitative estimate of drug-likeness (QED) is 0.442. The van der Waals surface area contributed by atoms with E-state index in [0.29, 0.717) is 18.8 Å². The molecule has 0 spiro atoms. The van der Waals surface area contributed by atoms with E-state index >= 15 is 0 Å². The molecule has 0 bridgehead atoms. The van der Waals surface area contributed by atoms with Crippen molar-refractivity contribution in [2.45, 2.75) is 12.8 Å². The molecule has 0 saturated carbocycles. The summed E-state index contributed by atoms with van der Waals surface area (Å²) >= 11 is 0. The van der Waals surface area contributed by atoms with Gasteiger partial charge < -0.3 is 11.1 Å². The molecule has 1 rings (SSSR count). The van der Waals surface area contributed by atoms with Gasteiger partial charge in [-0.05, 0) is 31.5 Å². The van der Waals surface area contributed by atoms with Gasteiger partial charge in [-0.2, -0.15) is 5.26 Å². The van der Waals surface area contributed by atoms with E-state index in [1.165, 1.54) is 6.07 Å². The first-order valence-corrected chi connectivity index (χ1v) is 5.32. The Morgan fingerprint density at radius 1 is 1.47 bits per heavy atom. The van der Waals surface area contributed by atoms with Crippen molar-refractivity contribution in [3.63, 3.8) is 0 Å². The number of nitro groups is 1. The fourth-order valence-corrected chi connectivity index (χ4v) is 1.47. The monoisotopic (exact) mass is 234 g/mol. The van der Waals surface area contributed by atoms with Crippen molar-refractivity contribution in [1.29, 1.82) is 5.26 Å². The van der Waals surface area contributed by atoms with Gasteiger partial charge in [-0.3, -0.25) is 10.1 Å². The topological polar surface area (TPSA) is 105 Å². The fraction of sp³-hybridized carbons (Fsp3) is 0.364. The number of benzene rings is 1. The predicted octanol–water partition coefficient (Wildman–Crippen LogP) is 1.62. The van der Waals surface area contributed by atoms with Gasteiger partial charge in [0.15, 0.2) is 0 Å². The molecule has 0 unspecified atom stereocenters. The Bertz CT molecular complexity index is 440. The van der Waals surface area contributed by atoms with E-state index in [1.807, 2.05) is 6.07 Å². The number of nitrogens with one attached hydrogen (secondary N) is 1. The molecular formula is C11H14N4O2. The fourth-order valence-electron chi connectivity index (χ4n) is 1.47. The number of rotatable bonds is 6. The third-order valence-electron chi connectivity index (χ3n) is 2.29. The van der Waals surface area contributed by atoms with Crippen LogP contribution in [-0.2, 0) is 0 Å². The van der Waals surface area contributed by atoms with Crippen molar-refractivity contribution in [2.75, 3.05) is 18.4 Å². The van der Waals surface area contributed by atoms with Crippen LogP contribution in [0, 0.1) is 21.4 Å². The van der Waals surface area contributed by atoms with Crippen LogP contribution in [0.3, 0.4) is 0 Å². The van der Waals surface area contributed by atoms with Gasteiger partial charge in [-0.1, -0.05) is 6.07 Å². The molecule has 0 amide bonds. The molecule has 0 aliphatic heterocycles. The van der Waals surface area contributed by atoms with Gasteiger partial charge in [0.1, 0.15) is 17.3 Å². The number of unbranched alkanes of at least 4 members (excludes halogenated alkanes) is 1. The lowest BCUT2D eigenvalue weighted by atomic mass is 10.1. The molecule has 0 saturated heterocycles. The minimum Gasteiger partial charge on any atom is -0.379 e. The molecule has 0 aliphatic rings. The van der Waals surface area contributed by atoms with Gasteiger partial charge in [-0.15, -0.1) is 0 Å². The van der Waals surface area contributed by atoms with E-state index in [4.69, 9.17) is 11.0 Å². The number of anilines is 1. The second kappa shape index (κ2) is 6.45. The number of hydrogen-bond acceptors (Lipinski definition) is 5. The van der Waals surface area contributed by atoms with Crippen LogP contribution in [0.1, 0.15) is 18.4 Å². The maximum absolute atomic E-state index is 10.9. The molecule has 0 heterocycles. The molecule has 90 valence electrons. The van der Waals surface area contributed by atoms with Crippen molar-refractivity contribution in [1.82, 2.24) is 0 Å². The smallest absolute Gasteiger partial charge is 0.309 e. The second-order valence-corrected chi connectivity index (χ2v) is 3.49. The van der Waals surface area contributed by atoms with Crippen molar-refractivity contribution in [3.8, 4) is 6.07 Å². The van der Waals surface area contributed by atoms with Crippen molar-refractivity contribution in [2.24, 2.45) is 5.73 Å². The zero-order valence-electron chi connectivity index (χ0n) is 9.35. The predicted molar refractivity (Wildman–Crippen MR) is 64.6 cm³/mol.